The van der Waals surface area contributed by atoms with Crippen LogP contribution < -0.4 is 4.74 Å². The molecule has 0 saturated carbocycles. The number of hydrogen-bond donors (Lipinski definition) is 0. The van der Waals surface area contributed by atoms with E-state index in [1.54, 1.807) is 18.2 Å². The van der Waals surface area contributed by atoms with Gasteiger partial charge in [0.05, 0.1) is 17.7 Å². The molecule has 3 nitrogen and oxygen atoms in total. The summed E-state index contributed by atoms with van der Waals surface area (Å²) in [5.41, 5.74) is 0.748. The maximum Gasteiger partial charge on any atom is 0.120 e. The van der Waals surface area contributed by atoms with Gasteiger partial charge in [-0.15, -0.1) is 0 Å². The van der Waals surface area contributed by atoms with Gasteiger partial charge < -0.3 is 4.74 Å². The molecule has 3 heteroatoms. The molecule has 0 aliphatic rings. The standard InChI is InChI=1S/C11H10N2O/c1-2-5-14-11-4-3-9(7-12)10(6-11)8-13/h3-4,6H,2,5H2,1H3. The van der Waals surface area contributed by atoms with Crippen molar-refractivity contribution in [2.24, 2.45) is 0 Å². The van der Waals surface area contributed by atoms with Crippen LogP contribution >= 0.6 is 0 Å². The van der Waals surface area contributed by atoms with Crippen LogP contribution in [0.1, 0.15) is 24.5 Å². The number of benzene rings is 1. The van der Waals surface area contributed by atoms with E-state index in [2.05, 4.69) is 0 Å². The van der Waals surface area contributed by atoms with Crippen molar-refractivity contribution in [2.75, 3.05) is 6.61 Å². The molecule has 0 N–H and O–H groups in total. The van der Waals surface area contributed by atoms with E-state index in [0.29, 0.717) is 23.5 Å². The van der Waals surface area contributed by atoms with Gasteiger partial charge in [0.15, 0.2) is 0 Å². The molecule has 0 heterocycles. The molecule has 14 heavy (non-hydrogen) atoms. The van der Waals surface area contributed by atoms with Crippen LogP contribution in [0.4, 0.5) is 0 Å². The molecule has 0 spiro atoms. The van der Waals surface area contributed by atoms with E-state index in [1.165, 1.54) is 0 Å². The van der Waals surface area contributed by atoms with Gasteiger partial charge in [0.1, 0.15) is 17.9 Å². The van der Waals surface area contributed by atoms with Crippen LogP contribution in [0.25, 0.3) is 0 Å². The molecular formula is C11H10N2O. The molecule has 0 amide bonds. The van der Waals surface area contributed by atoms with E-state index < -0.39 is 0 Å². The predicted molar refractivity (Wildman–Crippen MR) is 51.7 cm³/mol. The van der Waals surface area contributed by atoms with Gasteiger partial charge in [-0.25, -0.2) is 0 Å². The molecule has 1 rings (SSSR count). The molecular weight excluding hydrogens is 176 g/mol. The molecule has 1 aromatic carbocycles. The zero-order valence-corrected chi connectivity index (χ0v) is 7.95. The number of hydrogen-bond acceptors (Lipinski definition) is 3. The molecule has 0 aromatic heterocycles. The Hall–Kier alpha value is -2.00. The fourth-order valence-corrected chi connectivity index (χ4v) is 1.02. The van der Waals surface area contributed by atoms with Crippen molar-refractivity contribution < 1.29 is 4.74 Å². The maximum atomic E-state index is 8.74. The van der Waals surface area contributed by atoms with Crippen LogP contribution in [0, 0.1) is 22.7 Å². The third-order valence-corrected chi connectivity index (χ3v) is 1.70. The van der Waals surface area contributed by atoms with Gasteiger partial charge in [0.2, 0.25) is 0 Å². The maximum absolute atomic E-state index is 8.74. The summed E-state index contributed by atoms with van der Waals surface area (Å²) in [6.45, 7) is 2.63. The van der Waals surface area contributed by atoms with Crippen LogP contribution in [-0.4, -0.2) is 6.61 Å². The highest BCUT2D eigenvalue weighted by atomic mass is 16.5. The smallest absolute Gasteiger partial charge is 0.120 e. The molecule has 0 aliphatic carbocycles. The Morgan fingerprint density at radius 2 is 1.93 bits per heavy atom. The summed E-state index contributed by atoms with van der Waals surface area (Å²) in [6.07, 6.45) is 0.919. The summed E-state index contributed by atoms with van der Waals surface area (Å²) >= 11 is 0. The summed E-state index contributed by atoms with van der Waals surface area (Å²) in [4.78, 5) is 0. The second-order valence-corrected chi connectivity index (χ2v) is 2.78. The van der Waals surface area contributed by atoms with Gasteiger partial charge in [0, 0.05) is 0 Å². The fraction of sp³-hybridized carbons (Fsp3) is 0.273. The van der Waals surface area contributed by atoms with E-state index in [1.807, 2.05) is 19.1 Å². The Morgan fingerprint density at radius 3 is 2.50 bits per heavy atom. The summed E-state index contributed by atoms with van der Waals surface area (Å²) in [7, 11) is 0. The number of nitriles is 2. The zero-order valence-electron chi connectivity index (χ0n) is 7.95. The molecule has 0 bridgehead atoms. The summed E-state index contributed by atoms with van der Waals surface area (Å²) in [5, 5.41) is 17.4. The minimum Gasteiger partial charge on any atom is -0.494 e. The second kappa shape index (κ2) is 4.89. The minimum absolute atomic E-state index is 0.362. The highest BCUT2D eigenvalue weighted by molar-refractivity contribution is 5.49. The average molecular weight is 186 g/mol. The fourth-order valence-electron chi connectivity index (χ4n) is 1.02. The molecule has 0 fully saturated rings. The van der Waals surface area contributed by atoms with E-state index >= 15 is 0 Å². The Kier molecular flexibility index (Phi) is 3.52. The highest BCUT2D eigenvalue weighted by Crippen LogP contribution is 2.16. The lowest BCUT2D eigenvalue weighted by atomic mass is 10.1. The van der Waals surface area contributed by atoms with Crippen LogP contribution in [0.3, 0.4) is 0 Å². The largest absolute Gasteiger partial charge is 0.494 e. The number of rotatable bonds is 3. The van der Waals surface area contributed by atoms with E-state index in [9.17, 15) is 0 Å². The van der Waals surface area contributed by atoms with Gasteiger partial charge >= 0.3 is 0 Å². The van der Waals surface area contributed by atoms with Gasteiger partial charge in [0.25, 0.3) is 0 Å². The quantitative estimate of drug-likeness (QED) is 0.727. The number of ether oxygens (including phenoxy) is 1. The van der Waals surface area contributed by atoms with Gasteiger partial charge in [-0.3, -0.25) is 0 Å². The lowest BCUT2D eigenvalue weighted by Crippen LogP contribution is -1.95. The first-order chi connectivity index (χ1) is 6.81. The topological polar surface area (TPSA) is 56.8 Å². The first-order valence-electron chi connectivity index (χ1n) is 4.39. The Labute approximate surface area is 83.2 Å². The second-order valence-electron chi connectivity index (χ2n) is 2.78. The molecule has 0 unspecified atom stereocenters. The van der Waals surface area contributed by atoms with Crippen molar-refractivity contribution in [1.82, 2.24) is 0 Å². The Morgan fingerprint density at radius 1 is 1.21 bits per heavy atom. The van der Waals surface area contributed by atoms with Crippen LogP contribution in [0.5, 0.6) is 5.75 Å². The Balaban J connectivity index is 2.93. The van der Waals surface area contributed by atoms with Crippen molar-refractivity contribution >= 4 is 0 Å². The van der Waals surface area contributed by atoms with Crippen LogP contribution in [0.2, 0.25) is 0 Å². The van der Waals surface area contributed by atoms with Crippen molar-refractivity contribution in [1.29, 1.82) is 10.5 Å². The molecule has 0 atom stereocenters. The third-order valence-electron chi connectivity index (χ3n) is 1.70. The van der Waals surface area contributed by atoms with Crippen LogP contribution in [0.15, 0.2) is 18.2 Å². The molecule has 70 valence electrons. The van der Waals surface area contributed by atoms with Crippen molar-refractivity contribution in [2.45, 2.75) is 13.3 Å². The van der Waals surface area contributed by atoms with E-state index in [4.69, 9.17) is 15.3 Å². The lowest BCUT2D eigenvalue weighted by molar-refractivity contribution is 0.317. The van der Waals surface area contributed by atoms with Crippen LogP contribution in [-0.2, 0) is 0 Å². The first kappa shape index (κ1) is 10.1. The predicted octanol–water partition coefficient (Wildman–Crippen LogP) is 2.22. The monoisotopic (exact) mass is 186 g/mol. The molecule has 0 aliphatic heterocycles. The van der Waals surface area contributed by atoms with Crippen molar-refractivity contribution in [3.05, 3.63) is 29.3 Å². The average Bonchev–Trinajstić information content (AvgIpc) is 2.25. The number of nitrogens with zero attached hydrogens (tertiary/aromatic N) is 2. The third kappa shape index (κ3) is 2.24. The van der Waals surface area contributed by atoms with Crippen molar-refractivity contribution in [3.8, 4) is 17.9 Å². The normalized spacial score (nSPS) is 8.79. The SMILES string of the molecule is CCCOc1ccc(C#N)c(C#N)c1. The van der Waals surface area contributed by atoms with E-state index in [-0.39, 0.29) is 0 Å². The van der Waals surface area contributed by atoms with Gasteiger partial charge in [-0.05, 0) is 24.6 Å². The molecule has 1 aromatic rings. The zero-order chi connectivity index (χ0) is 10.4. The van der Waals surface area contributed by atoms with Gasteiger partial charge in [-0.2, -0.15) is 10.5 Å². The first-order valence-corrected chi connectivity index (χ1v) is 4.39. The van der Waals surface area contributed by atoms with Crippen molar-refractivity contribution in [3.63, 3.8) is 0 Å². The lowest BCUT2D eigenvalue weighted by Gasteiger charge is -2.04. The summed E-state index contributed by atoms with van der Waals surface area (Å²) in [6, 6.07) is 8.81. The summed E-state index contributed by atoms with van der Waals surface area (Å²) in [5.74, 6) is 0.641. The highest BCUT2D eigenvalue weighted by Gasteiger charge is 2.02. The molecule has 0 saturated heterocycles. The minimum atomic E-state index is 0.362. The Bertz CT molecular complexity index is 399. The summed E-state index contributed by atoms with van der Waals surface area (Å²) < 4.78 is 5.34. The van der Waals surface area contributed by atoms with E-state index in [0.717, 1.165) is 6.42 Å². The van der Waals surface area contributed by atoms with Gasteiger partial charge in [-0.1, -0.05) is 6.92 Å². The molecule has 0 radical (unpaired) electrons.